The second-order valence-corrected chi connectivity index (χ2v) is 4.61. The lowest BCUT2D eigenvalue weighted by Crippen LogP contribution is -2.44. The predicted octanol–water partition coefficient (Wildman–Crippen LogP) is 1.88. The third kappa shape index (κ3) is 2.79. The largest absolute Gasteiger partial charge is 0.486 e. The van der Waals surface area contributed by atoms with Crippen LogP contribution < -0.4 is 14.8 Å². The molecular weight excluding hydrogens is 244 g/mol. The number of nitriles is 1. The van der Waals surface area contributed by atoms with Crippen molar-refractivity contribution in [1.82, 2.24) is 5.32 Å². The fourth-order valence-electron chi connectivity index (χ4n) is 1.70. The first kappa shape index (κ1) is 13.2. The van der Waals surface area contributed by atoms with Crippen molar-refractivity contribution < 1.29 is 14.3 Å². The summed E-state index contributed by atoms with van der Waals surface area (Å²) in [5, 5.41) is 11.8. The lowest BCUT2D eigenvalue weighted by atomic mass is 10.0. The molecule has 1 unspecified atom stereocenters. The zero-order valence-electron chi connectivity index (χ0n) is 11.0. The van der Waals surface area contributed by atoms with Crippen LogP contribution in [0.5, 0.6) is 11.5 Å². The minimum absolute atomic E-state index is 0.289. The minimum Gasteiger partial charge on any atom is -0.486 e. The Hall–Kier alpha value is -2.22. The number of benzene rings is 1. The fraction of sp³-hybridized carbons (Fsp3) is 0.429. The number of carbonyl (C=O) groups excluding carboxylic acids is 1. The molecule has 100 valence electrons. The molecule has 0 radical (unpaired) electrons. The molecule has 5 nitrogen and oxygen atoms in total. The zero-order chi connectivity index (χ0) is 13.9. The van der Waals surface area contributed by atoms with E-state index < -0.39 is 5.54 Å². The summed E-state index contributed by atoms with van der Waals surface area (Å²) in [7, 11) is 0. The highest BCUT2D eigenvalue weighted by atomic mass is 16.6. The van der Waals surface area contributed by atoms with Crippen LogP contribution in [0.25, 0.3) is 0 Å². The van der Waals surface area contributed by atoms with Gasteiger partial charge in [0.05, 0.1) is 6.07 Å². The number of amides is 1. The maximum atomic E-state index is 12.1. The molecule has 1 atom stereocenters. The first-order valence-corrected chi connectivity index (χ1v) is 6.21. The van der Waals surface area contributed by atoms with Crippen LogP contribution in [0.15, 0.2) is 18.2 Å². The van der Waals surface area contributed by atoms with Gasteiger partial charge in [-0.3, -0.25) is 4.79 Å². The molecule has 1 aliphatic heterocycles. The second-order valence-electron chi connectivity index (χ2n) is 4.61. The van der Waals surface area contributed by atoms with Crippen molar-refractivity contribution in [2.75, 3.05) is 13.2 Å². The Kier molecular flexibility index (Phi) is 3.61. The first-order valence-electron chi connectivity index (χ1n) is 6.21. The molecule has 19 heavy (non-hydrogen) atoms. The summed E-state index contributed by atoms with van der Waals surface area (Å²) in [6.45, 7) is 4.54. The standard InChI is InChI=1S/C14H16N2O3/c1-3-14(2,9-15)16-13(17)10-4-5-11-12(8-10)19-7-6-18-11/h4-5,8H,3,6-7H2,1-2H3,(H,16,17). The molecule has 0 spiro atoms. The molecule has 0 aliphatic carbocycles. The average molecular weight is 260 g/mol. The predicted molar refractivity (Wildman–Crippen MR) is 69.2 cm³/mol. The summed E-state index contributed by atoms with van der Waals surface area (Å²) < 4.78 is 10.8. The molecule has 2 rings (SSSR count). The Labute approximate surface area is 112 Å². The average Bonchev–Trinajstić information content (AvgIpc) is 2.46. The Balaban J connectivity index is 2.18. The van der Waals surface area contributed by atoms with E-state index in [9.17, 15) is 4.79 Å². The molecule has 5 heteroatoms. The molecule has 1 aliphatic rings. The normalized spacial score (nSPS) is 16.1. The number of nitrogens with one attached hydrogen (secondary N) is 1. The number of hydrogen-bond donors (Lipinski definition) is 1. The Morgan fingerprint density at radius 3 is 2.74 bits per heavy atom. The van der Waals surface area contributed by atoms with Gasteiger partial charge in [-0.2, -0.15) is 5.26 Å². The van der Waals surface area contributed by atoms with Crippen molar-refractivity contribution in [2.45, 2.75) is 25.8 Å². The van der Waals surface area contributed by atoms with Gasteiger partial charge in [0, 0.05) is 5.56 Å². The topological polar surface area (TPSA) is 71.4 Å². The molecule has 1 heterocycles. The van der Waals surface area contributed by atoms with E-state index in [1.165, 1.54) is 0 Å². The summed E-state index contributed by atoms with van der Waals surface area (Å²) in [6, 6.07) is 7.11. The van der Waals surface area contributed by atoms with E-state index in [0.717, 1.165) is 0 Å². The lowest BCUT2D eigenvalue weighted by Gasteiger charge is -2.22. The minimum atomic E-state index is -0.857. The quantitative estimate of drug-likeness (QED) is 0.900. The van der Waals surface area contributed by atoms with Gasteiger partial charge in [-0.25, -0.2) is 0 Å². The van der Waals surface area contributed by atoms with Crippen molar-refractivity contribution in [3.8, 4) is 17.6 Å². The van der Waals surface area contributed by atoms with Gasteiger partial charge in [0.25, 0.3) is 5.91 Å². The van der Waals surface area contributed by atoms with Gasteiger partial charge in [0.15, 0.2) is 11.5 Å². The third-order valence-electron chi connectivity index (χ3n) is 3.15. The van der Waals surface area contributed by atoms with Crippen molar-refractivity contribution in [1.29, 1.82) is 5.26 Å². The van der Waals surface area contributed by atoms with Crippen LogP contribution in [-0.2, 0) is 0 Å². The highest BCUT2D eigenvalue weighted by Gasteiger charge is 2.25. The molecule has 0 saturated heterocycles. The van der Waals surface area contributed by atoms with E-state index in [1.54, 1.807) is 25.1 Å². The van der Waals surface area contributed by atoms with Crippen LogP contribution in [0.3, 0.4) is 0 Å². The number of fused-ring (bicyclic) bond motifs is 1. The highest BCUT2D eigenvalue weighted by molar-refractivity contribution is 5.95. The van der Waals surface area contributed by atoms with Crippen LogP contribution in [0.2, 0.25) is 0 Å². The van der Waals surface area contributed by atoms with E-state index in [0.29, 0.717) is 36.7 Å². The van der Waals surface area contributed by atoms with E-state index in [1.807, 2.05) is 6.92 Å². The van der Waals surface area contributed by atoms with Crippen LogP contribution in [-0.4, -0.2) is 24.7 Å². The van der Waals surface area contributed by atoms with Gasteiger partial charge in [0.1, 0.15) is 18.8 Å². The van der Waals surface area contributed by atoms with Gasteiger partial charge in [-0.1, -0.05) is 6.92 Å². The molecule has 1 aromatic carbocycles. The summed E-state index contributed by atoms with van der Waals surface area (Å²) in [5.74, 6) is 0.915. The van der Waals surface area contributed by atoms with Crippen LogP contribution >= 0.6 is 0 Å². The molecule has 1 amide bonds. The molecule has 0 fully saturated rings. The summed E-state index contributed by atoms with van der Waals surface area (Å²) in [6.07, 6.45) is 0.541. The molecule has 0 aromatic heterocycles. The van der Waals surface area contributed by atoms with Crippen molar-refractivity contribution >= 4 is 5.91 Å². The molecular formula is C14H16N2O3. The van der Waals surface area contributed by atoms with Gasteiger partial charge >= 0.3 is 0 Å². The first-order chi connectivity index (χ1) is 9.08. The van der Waals surface area contributed by atoms with Crippen molar-refractivity contribution in [3.05, 3.63) is 23.8 Å². The third-order valence-corrected chi connectivity index (χ3v) is 3.15. The SMILES string of the molecule is CCC(C)(C#N)NC(=O)c1ccc2c(c1)OCCO2. The number of rotatable bonds is 3. The Morgan fingerprint density at radius 2 is 2.11 bits per heavy atom. The van der Waals surface area contributed by atoms with E-state index >= 15 is 0 Å². The van der Waals surface area contributed by atoms with Gasteiger partial charge in [-0.05, 0) is 31.5 Å². The van der Waals surface area contributed by atoms with Crippen LogP contribution in [0, 0.1) is 11.3 Å². The summed E-state index contributed by atoms with van der Waals surface area (Å²) in [5.41, 5.74) is -0.399. The molecule has 1 N–H and O–H groups in total. The monoisotopic (exact) mass is 260 g/mol. The van der Waals surface area contributed by atoms with Crippen LogP contribution in [0.1, 0.15) is 30.6 Å². The van der Waals surface area contributed by atoms with Gasteiger partial charge < -0.3 is 14.8 Å². The van der Waals surface area contributed by atoms with Gasteiger partial charge in [0.2, 0.25) is 0 Å². The maximum Gasteiger partial charge on any atom is 0.252 e. The van der Waals surface area contributed by atoms with Crippen LogP contribution in [0.4, 0.5) is 0 Å². The fourth-order valence-corrected chi connectivity index (χ4v) is 1.70. The summed E-state index contributed by atoms with van der Waals surface area (Å²) >= 11 is 0. The second kappa shape index (κ2) is 5.19. The van der Waals surface area contributed by atoms with E-state index in [4.69, 9.17) is 14.7 Å². The highest BCUT2D eigenvalue weighted by Crippen LogP contribution is 2.30. The van der Waals surface area contributed by atoms with E-state index in [-0.39, 0.29) is 5.91 Å². The Morgan fingerprint density at radius 1 is 1.42 bits per heavy atom. The van der Waals surface area contributed by atoms with Crippen molar-refractivity contribution in [3.63, 3.8) is 0 Å². The maximum absolute atomic E-state index is 12.1. The number of ether oxygens (including phenoxy) is 2. The van der Waals surface area contributed by atoms with Crippen molar-refractivity contribution in [2.24, 2.45) is 0 Å². The Bertz CT molecular complexity index is 536. The smallest absolute Gasteiger partial charge is 0.252 e. The molecule has 1 aromatic rings. The molecule has 0 saturated carbocycles. The van der Waals surface area contributed by atoms with Gasteiger partial charge in [-0.15, -0.1) is 0 Å². The lowest BCUT2D eigenvalue weighted by molar-refractivity contribution is 0.0922. The molecule has 0 bridgehead atoms. The number of nitrogens with zero attached hydrogens (tertiary/aromatic N) is 1. The number of hydrogen-bond acceptors (Lipinski definition) is 4. The zero-order valence-corrected chi connectivity index (χ0v) is 11.0. The van der Waals surface area contributed by atoms with E-state index in [2.05, 4.69) is 11.4 Å². The number of carbonyl (C=O) groups is 1. The summed E-state index contributed by atoms with van der Waals surface area (Å²) in [4.78, 5) is 12.1.